The molecule has 2 heterocycles. The fraction of sp³-hybridized carbons (Fsp3) is 0.346. The number of rotatable bonds is 4. The lowest BCUT2D eigenvalue weighted by molar-refractivity contribution is -0.121. The van der Waals surface area contributed by atoms with Crippen molar-refractivity contribution in [2.45, 2.75) is 40.5 Å². The van der Waals surface area contributed by atoms with Crippen molar-refractivity contribution in [2.75, 3.05) is 23.3 Å². The Balaban J connectivity index is 1.78. The molecule has 6 heteroatoms. The van der Waals surface area contributed by atoms with Gasteiger partial charge >= 0.3 is 0 Å². The second-order valence-electron chi connectivity index (χ2n) is 8.89. The quantitative estimate of drug-likeness (QED) is 0.734. The number of nitrogens with zero attached hydrogens (tertiary/aromatic N) is 2. The van der Waals surface area contributed by atoms with Gasteiger partial charge in [0.2, 0.25) is 5.91 Å². The Bertz CT molecular complexity index is 1110. The number of carbonyl (C=O) groups excluding carboxylic acids is 3. The summed E-state index contributed by atoms with van der Waals surface area (Å²) in [5, 5.41) is 2.74. The number of piperidine rings is 1. The fourth-order valence-corrected chi connectivity index (χ4v) is 4.50. The van der Waals surface area contributed by atoms with Crippen LogP contribution in [0.5, 0.6) is 0 Å². The summed E-state index contributed by atoms with van der Waals surface area (Å²) >= 11 is 0. The Morgan fingerprint density at radius 2 is 1.62 bits per heavy atom. The molecule has 0 radical (unpaired) electrons. The number of anilines is 2. The molecule has 32 heavy (non-hydrogen) atoms. The minimum Gasteiger partial charge on any atom is -0.366 e. The van der Waals surface area contributed by atoms with Crippen molar-refractivity contribution in [2.24, 2.45) is 5.92 Å². The maximum Gasteiger partial charge on any atom is 0.282 e. The molecule has 2 aromatic rings. The third-order valence-electron chi connectivity index (χ3n) is 6.25. The van der Waals surface area contributed by atoms with Gasteiger partial charge in [0.1, 0.15) is 5.70 Å². The highest BCUT2D eigenvalue weighted by Crippen LogP contribution is 2.37. The number of hydrogen-bond acceptors (Lipinski definition) is 4. The Morgan fingerprint density at radius 3 is 2.22 bits per heavy atom. The van der Waals surface area contributed by atoms with Crippen molar-refractivity contribution < 1.29 is 14.4 Å². The van der Waals surface area contributed by atoms with Crippen LogP contribution in [0, 0.1) is 19.8 Å². The predicted octanol–water partition coefficient (Wildman–Crippen LogP) is 4.28. The van der Waals surface area contributed by atoms with Crippen LogP contribution in [0.4, 0.5) is 11.4 Å². The second kappa shape index (κ2) is 8.61. The molecule has 0 spiro atoms. The van der Waals surface area contributed by atoms with E-state index < -0.39 is 0 Å². The van der Waals surface area contributed by atoms with Gasteiger partial charge in [0.25, 0.3) is 11.8 Å². The average molecular weight is 432 g/mol. The van der Waals surface area contributed by atoms with Gasteiger partial charge in [-0.1, -0.05) is 36.8 Å². The first-order valence-corrected chi connectivity index (χ1v) is 11.1. The maximum absolute atomic E-state index is 13.7. The molecule has 166 valence electrons. The van der Waals surface area contributed by atoms with Crippen molar-refractivity contribution in [1.82, 2.24) is 4.90 Å². The highest BCUT2D eigenvalue weighted by atomic mass is 16.2. The van der Waals surface area contributed by atoms with E-state index >= 15 is 0 Å². The zero-order chi connectivity index (χ0) is 23.0. The molecule has 2 aromatic carbocycles. The van der Waals surface area contributed by atoms with Gasteiger partial charge in [0.05, 0.1) is 11.3 Å². The van der Waals surface area contributed by atoms with Crippen LogP contribution >= 0.6 is 0 Å². The number of benzene rings is 2. The molecule has 2 aliphatic rings. The number of hydrogen-bond donors (Lipinski definition) is 1. The van der Waals surface area contributed by atoms with E-state index in [9.17, 15) is 14.4 Å². The predicted molar refractivity (Wildman–Crippen MR) is 126 cm³/mol. The Kier molecular flexibility index (Phi) is 5.87. The summed E-state index contributed by atoms with van der Waals surface area (Å²) in [7, 11) is 0. The van der Waals surface area contributed by atoms with Crippen molar-refractivity contribution in [1.29, 1.82) is 0 Å². The molecule has 2 aliphatic heterocycles. The van der Waals surface area contributed by atoms with E-state index in [-0.39, 0.29) is 17.7 Å². The first kappa shape index (κ1) is 21.8. The van der Waals surface area contributed by atoms with Gasteiger partial charge in [-0.2, -0.15) is 0 Å². The van der Waals surface area contributed by atoms with E-state index in [1.165, 1.54) is 11.8 Å². The van der Waals surface area contributed by atoms with E-state index in [4.69, 9.17) is 0 Å². The van der Waals surface area contributed by atoms with Gasteiger partial charge < -0.3 is 10.2 Å². The van der Waals surface area contributed by atoms with Crippen LogP contribution < -0.4 is 10.2 Å². The third-order valence-corrected chi connectivity index (χ3v) is 6.25. The molecular formula is C26H29N3O3. The average Bonchev–Trinajstić information content (AvgIpc) is 2.99. The topological polar surface area (TPSA) is 69.7 Å². The minimum absolute atomic E-state index is 0.159. The van der Waals surface area contributed by atoms with Gasteiger partial charge in [-0.15, -0.1) is 0 Å². The van der Waals surface area contributed by atoms with Crippen LogP contribution in [-0.2, 0) is 14.4 Å². The van der Waals surface area contributed by atoms with Gasteiger partial charge in [-0.25, -0.2) is 4.90 Å². The number of amides is 3. The van der Waals surface area contributed by atoms with E-state index in [1.807, 2.05) is 32.0 Å². The molecule has 0 aromatic heterocycles. The van der Waals surface area contributed by atoms with E-state index in [2.05, 4.69) is 17.1 Å². The van der Waals surface area contributed by atoms with Gasteiger partial charge in [0, 0.05) is 25.7 Å². The first-order chi connectivity index (χ1) is 15.3. The van der Waals surface area contributed by atoms with Crippen LogP contribution in [0.1, 0.15) is 43.4 Å². The van der Waals surface area contributed by atoms with Crippen LogP contribution in [-0.4, -0.2) is 35.7 Å². The van der Waals surface area contributed by atoms with Gasteiger partial charge in [-0.05, 0) is 61.9 Å². The summed E-state index contributed by atoms with van der Waals surface area (Å²) < 4.78 is 0. The van der Waals surface area contributed by atoms with E-state index in [1.54, 1.807) is 24.3 Å². The van der Waals surface area contributed by atoms with Crippen LogP contribution in [0.2, 0.25) is 0 Å². The Labute approximate surface area is 188 Å². The molecule has 0 unspecified atom stereocenters. The third kappa shape index (κ3) is 4.05. The molecule has 1 saturated heterocycles. The molecule has 0 bridgehead atoms. The highest BCUT2D eigenvalue weighted by molar-refractivity contribution is 6.45. The highest BCUT2D eigenvalue weighted by Gasteiger charge is 2.43. The van der Waals surface area contributed by atoms with E-state index in [0.29, 0.717) is 34.1 Å². The van der Waals surface area contributed by atoms with Crippen LogP contribution in [0.25, 0.3) is 5.57 Å². The summed E-state index contributed by atoms with van der Waals surface area (Å²) in [4.78, 5) is 42.1. The maximum atomic E-state index is 13.7. The lowest BCUT2D eigenvalue weighted by atomic mass is 9.97. The number of aryl methyl sites for hydroxylation is 2. The Morgan fingerprint density at radius 1 is 0.969 bits per heavy atom. The lowest BCUT2D eigenvalue weighted by Crippen LogP contribution is -2.38. The molecule has 0 aliphatic carbocycles. The number of carbonyl (C=O) groups is 3. The van der Waals surface area contributed by atoms with Crippen molar-refractivity contribution in [3.63, 3.8) is 0 Å². The SMILES string of the molecule is CC(=O)Nc1ccc(C2=C(N3CCC(C)CC3)C(=O)N(c3ccc(C)cc3C)C2=O)cc1. The summed E-state index contributed by atoms with van der Waals surface area (Å²) in [6.07, 6.45) is 1.98. The zero-order valence-corrected chi connectivity index (χ0v) is 19.1. The number of likely N-dealkylation sites (tertiary alicyclic amines) is 1. The first-order valence-electron chi connectivity index (χ1n) is 11.1. The summed E-state index contributed by atoms with van der Waals surface area (Å²) in [5.41, 5.74) is 4.83. The second-order valence-corrected chi connectivity index (χ2v) is 8.89. The zero-order valence-electron chi connectivity index (χ0n) is 19.1. The molecular weight excluding hydrogens is 402 g/mol. The number of imide groups is 1. The van der Waals surface area contributed by atoms with Crippen molar-refractivity contribution in [3.8, 4) is 0 Å². The van der Waals surface area contributed by atoms with Crippen molar-refractivity contribution >= 4 is 34.7 Å². The normalized spacial score (nSPS) is 17.4. The summed E-state index contributed by atoms with van der Waals surface area (Å²) in [6, 6.07) is 12.9. The monoisotopic (exact) mass is 431 g/mol. The standard InChI is InChI=1S/C26H29N3O3/c1-16-11-13-28(14-12-16)24-23(20-6-8-21(9-7-20)27-19(4)30)25(31)29(26(24)32)22-10-5-17(2)15-18(22)3/h5-10,15-16H,11-14H2,1-4H3,(H,27,30). The van der Waals surface area contributed by atoms with Gasteiger partial charge in [0.15, 0.2) is 0 Å². The smallest absolute Gasteiger partial charge is 0.282 e. The van der Waals surface area contributed by atoms with Crippen molar-refractivity contribution in [3.05, 3.63) is 64.9 Å². The lowest BCUT2D eigenvalue weighted by Gasteiger charge is -2.32. The minimum atomic E-state index is -0.303. The summed E-state index contributed by atoms with van der Waals surface area (Å²) in [5.74, 6) is -0.122. The van der Waals surface area contributed by atoms with Gasteiger partial charge in [-0.3, -0.25) is 14.4 Å². The molecule has 1 fully saturated rings. The van der Waals surface area contributed by atoms with E-state index in [0.717, 1.165) is 37.1 Å². The number of nitrogens with one attached hydrogen (secondary N) is 1. The Hall–Kier alpha value is -3.41. The van der Waals surface area contributed by atoms with Crippen LogP contribution in [0.15, 0.2) is 48.2 Å². The summed E-state index contributed by atoms with van der Waals surface area (Å²) in [6.45, 7) is 9.09. The van der Waals surface area contributed by atoms with Crippen LogP contribution in [0.3, 0.4) is 0 Å². The molecule has 3 amide bonds. The molecule has 0 atom stereocenters. The fourth-order valence-electron chi connectivity index (χ4n) is 4.50. The molecule has 6 nitrogen and oxygen atoms in total. The largest absolute Gasteiger partial charge is 0.366 e. The molecule has 4 rings (SSSR count). The molecule has 0 saturated carbocycles. The molecule has 1 N–H and O–H groups in total.